The third-order valence-electron chi connectivity index (χ3n) is 6.60. The molecule has 0 radical (unpaired) electrons. The van der Waals surface area contributed by atoms with Crippen molar-refractivity contribution in [3.8, 4) is 0 Å². The van der Waals surface area contributed by atoms with E-state index in [0.717, 1.165) is 24.9 Å². The lowest BCUT2D eigenvalue weighted by atomic mass is 10.0. The van der Waals surface area contributed by atoms with Gasteiger partial charge in [-0.05, 0) is 62.6 Å². The molecule has 1 atom stereocenters. The molecule has 4 rings (SSSR count). The highest BCUT2D eigenvalue weighted by atomic mass is 32.1. The molecular weight excluding hydrogens is 464 g/mol. The molecule has 1 aromatic carbocycles. The van der Waals surface area contributed by atoms with Gasteiger partial charge >= 0.3 is 5.69 Å². The molecule has 35 heavy (non-hydrogen) atoms. The predicted molar refractivity (Wildman–Crippen MR) is 139 cm³/mol. The van der Waals surface area contributed by atoms with E-state index < -0.39 is 5.69 Å². The second-order valence-electron chi connectivity index (χ2n) is 9.12. The molecule has 1 aliphatic rings. The summed E-state index contributed by atoms with van der Waals surface area (Å²) in [5.74, 6) is -0.136. The van der Waals surface area contributed by atoms with Gasteiger partial charge in [-0.25, -0.2) is 4.79 Å². The molecule has 2 amide bonds. The van der Waals surface area contributed by atoms with Crippen molar-refractivity contribution in [2.24, 2.45) is 0 Å². The lowest BCUT2D eigenvalue weighted by molar-refractivity contribution is -0.135. The summed E-state index contributed by atoms with van der Waals surface area (Å²) in [6.07, 6.45) is 5.40. The van der Waals surface area contributed by atoms with Gasteiger partial charge in [-0.15, -0.1) is 11.3 Å². The molecule has 1 unspecified atom stereocenters. The van der Waals surface area contributed by atoms with Gasteiger partial charge in [0.25, 0.3) is 5.56 Å². The van der Waals surface area contributed by atoms with E-state index in [9.17, 15) is 19.2 Å². The van der Waals surface area contributed by atoms with Crippen LogP contribution in [0.25, 0.3) is 10.2 Å². The number of carbonyl (C=O) groups excluding carboxylic acids is 2. The Bertz CT molecular complexity index is 1290. The average molecular weight is 497 g/mol. The summed E-state index contributed by atoms with van der Waals surface area (Å²) in [6, 6.07) is 11.2. The van der Waals surface area contributed by atoms with Gasteiger partial charge in [0.2, 0.25) is 11.8 Å². The first-order chi connectivity index (χ1) is 17.0. The molecular formula is C26H32N4O4S. The Labute approximate surface area is 208 Å². The minimum atomic E-state index is -0.444. The monoisotopic (exact) mass is 496 g/mol. The van der Waals surface area contributed by atoms with Crippen molar-refractivity contribution in [3.05, 3.63) is 62.6 Å². The molecule has 3 aromatic rings. The van der Waals surface area contributed by atoms with Crippen molar-refractivity contribution in [2.75, 3.05) is 11.9 Å². The minimum Gasteiger partial charge on any atom is -0.338 e. The maximum absolute atomic E-state index is 13.3. The Morgan fingerprint density at radius 1 is 1.03 bits per heavy atom. The molecule has 0 saturated carbocycles. The zero-order valence-electron chi connectivity index (χ0n) is 20.1. The van der Waals surface area contributed by atoms with Gasteiger partial charge in [-0.2, -0.15) is 0 Å². The first kappa shape index (κ1) is 24.9. The number of unbranched alkanes of at least 4 members (excludes halogenated alkanes) is 2. The van der Waals surface area contributed by atoms with E-state index in [1.165, 1.54) is 20.5 Å². The van der Waals surface area contributed by atoms with Crippen molar-refractivity contribution in [3.63, 3.8) is 0 Å². The van der Waals surface area contributed by atoms with E-state index in [2.05, 4.69) is 5.32 Å². The Kier molecular flexibility index (Phi) is 8.17. The largest absolute Gasteiger partial charge is 0.338 e. The van der Waals surface area contributed by atoms with Crippen LogP contribution in [0.15, 0.2) is 51.4 Å². The van der Waals surface area contributed by atoms with Crippen molar-refractivity contribution in [1.29, 1.82) is 0 Å². The molecule has 1 fully saturated rings. The minimum absolute atomic E-state index is 0.0545. The van der Waals surface area contributed by atoms with Gasteiger partial charge < -0.3 is 10.2 Å². The number of hydrogen-bond acceptors (Lipinski definition) is 5. The highest BCUT2D eigenvalue weighted by Crippen LogP contribution is 2.19. The van der Waals surface area contributed by atoms with Crippen molar-refractivity contribution in [1.82, 2.24) is 14.0 Å². The number of hydrogen-bond donors (Lipinski definition) is 1. The maximum Gasteiger partial charge on any atom is 0.332 e. The molecule has 2 aromatic heterocycles. The molecule has 3 heterocycles. The SMILES string of the molecule is CC1CCCCN1C(=O)Cn1c(=O)n(CCCCCC(=O)Nc2ccccc2)c(=O)c2sccc21. The van der Waals surface area contributed by atoms with Crippen LogP contribution in [0.1, 0.15) is 51.9 Å². The third-order valence-corrected chi connectivity index (χ3v) is 7.49. The number of carbonyl (C=O) groups is 2. The van der Waals surface area contributed by atoms with E-state index in [0.29, 0.717) is 42.4 Å². The molecule has 1 aliphatic heterocycles. The van der Waals surface area contributed by atoms with Gasteiger partial charge in [0.1, 0.15) is 11.2 Å². The standard InChI is InChI=1S/C26H32N4O4S/c1-19-10-7-9-15-28(19)23(32)18-30-21-14-17-35-24(21)25(33)29(26(30)34)16-8-3-6-13-22(31)27-20-11-4-2-5-12-20/h2,4-5,11-12,14,17,19H,3,6-10,13,15-16,18H2,1H3,(H,27,31). The van der Waals surface area contributed by atoms with E-state index in [1.54, 1.807) is 11.4 Å². The number of para-hydroxylation sites is 1. The van der Waals surface area contributed by atoms with E-state index in [-0.39, 0.29) is 36.5 Å². The van der Waals surface area contributed by atoms with Gasteiger partial charge in [-0.1, -0.05) is 24.6 Å². The summed E-state index contributed by atoms with van der Waals surface area (Å²) in [5, 5.41) is 4.64. The van der Waals surface area contributed by atoms with Crippen LogP contribution >= 0.6 is 11.3 Å². The predicted octanol–water partition coefficient (Wildman–Crippen LogP) is 3.82. The number of piperidine rings is 1. The molecule has 186 valence electrons. The Balaban J connectivity index is 1.40. The molecule has 0 spiro atoms. The fraction of sp³-hybridized carbons (Fsp3) is 0.462. The van der Waals surface area contributed by atoms with Crippen LogP contribution in [0.5, 0.6) is 0 Å². The lowest BCUT2D eigenvalue weighted by Gasteiger charge is -2.33. The van der Waals surface area contributed by atoms with Gasteiger partial charge in [0.15, 0.2) is 0 Å². The molecule has 9 heteroatoms. The summed E-state index contributed by atoms with van der Waals surface area (Å²) in [6.45, 7) is 2.95. The second kappa shape index (κ2) is 11.5. The van der Waals surface area contributed by atoms with Gasteiger partial charge in [0.05, 0.1) is 5.52 Å². The number of nitrogens with one attached hydrogen (secondary N) is 1. The first-order valence-electron chi connectivity index (χ1n) is 12.3. The van der Waals surface area contributed by atoms with Crippen LogP contribution in [0.4, 0.5) is 5.69 Å². The average Bonchev–Trinajstić information content (AvgIpc) is 3.34. The quantitative estimate of drug-likeness (QED) is 0.456. The van der Waals surface area contributed by atoms with Crippen molar-refractivity contribution >= 4 is 39.1 Å². The summed E-state index contributed by atoms with van der Waals surface area (Å²) >= 11 is 1.29. The topological polar surface area (TPSA) is 93.4 Å². The number of anilines is 1. The third kappa shape index (κ3) is 5.90. The number of amides is 2. The van der Waals surface area contributed by atoms with E-state index in [4.69, 9.17) is 0 Å². The van der Waals surface area contributed by atoms with Crippen LogP contribution in [0.2, 0.25) is 0 Å². The fourth-order valence-corrected chi connectivity index (χ4v) is 5.50. The number of aromatic nitrogens is 2. The Morgan fingerprint density at radius 3 is 2.60 bits per heavy atom. The number of thiophene rings is 1. The van der Waals surface area contributed by atoms with Gasteiger partial charge in [0, 0.05) is 31.2 Å². The first-order valence-corrected chi connectivity index (χ1v) is 13.2. The lowest BCUT2D eigenvalue weighted by Crippen LogP contribution is -2.46. The Morgan fingerprint density at radius 2 is 1.83 bits per heavy atom. The van der Waals surface area contributed by atoms with Crippen molar-refractivity contribution < 1.29 is 9.59 Å². The highest BCUT2D eigenvalue weighted by molar-refractivity contribution is 7.17. The van der Waals surface area contributed by atoms with Crippen LogP contribution in [-0.2, 0) is 22.7 Å². The van der Waals surface area contributed by atoms with Crippen LogP contribution < -0.4 is 16.6 Å². The smallest absolute Gasteiger partial charge is 0.332 e. The number of rotatable bonds is 9. The fourth-order valence-electron chi connectivity index (χ4n) is 4.66. The molecule has 8 nitrogen and oxygen atoms in total. The number of fused-ring (bicyclic) bond motifs is 1. The Hall–Kier alpha value is -3.20. The zero-order chi connectivity index (χ0) is 24.8. The van der Waals surface area contributed by atoms with Crippen LogP contribution in [0.3, 0.4) is 0 Å². The highest BCUT2D eigenvalue weighted by Gasteiger charge is 2.25. The van der Waals surface area contributed by atoms with Crippen LogP contribution in [-0.4, -0.2) is 38.4 Å². The summed E-state index contributed by atoms with van der Waals surface area (Å²) in [5.41, 5.74) is 0.539. The van der Waals surface area contributed by atoms with Crippen molar-refractivity contribution in [2.45, 2.75) is 71.0 Å². The summed E-state index contributed by atoms with van der Waals surface area (Å²) < 4.78 is 3.19. The zero-order valence-corrected chi connectivity index (χ0v) is 20.9. The number of nitrogens with zero attached hydrogens (tertiary/aromatic N) is 3. The molecule has 0 bridgehead atoms. The second-order valence-corrected chi connectivity index (χ2v) is 10.0. The number of benzene rings is 1. The van der Waals surface area contributed by atoms with Gasteiger partial charge in [-0.3, -0.25) is 23.5 Å². The molecule has 1 N–H and O–H groups in total. The normalized spacial score (nSPS) is 15.9. The maximum atomic E-state index is 13.3. The van der Waals surface area contributed by atoms with E-state index >= 15 is 0 Å². The summed E-state index contributed by atoms with van der Waals surface area (Å²) in [7, 11) is 0. The summed E-state index contributed by atoms with van der Waals surface area (Å²) in [4.78, 5) is 53.2. The molecule has 1 saturated heterocycles. The molecule has 0 aliphatic carbocycles. The van der Waals surface area contributed by atoms with E-state index in [1.807, 2.05) is 42.2 Å². The number of likely N-dealkylation sites (tertiary alicyclic amines) is 1. The van der Waals surface area contributed by atoms with Crippen LogP contribution in [0, 0.1) is 0 Å².